The van der Waals surface area contributed by atoms with Crippen LogP contribution in [0.3, 0.4) is 0 Å². The number of carbonyl (C=O) groups is 1. The highest BCUT2D eigenvalue weighted by Crippen LogP contribution is 2.18. The van der Waals surface area contributed by atoms with Gasteiger partial charge in [0.25, 0.3) is 5.91 Å². The van der Waals surface area contributed by atoms with Crippen LogP contribution in [0.1, 0.15) is 11.1 Å². The third kappa shape index (κ3) is 4.60. The van der Waals surface area contributed by atoms with E-state index in [1.165, 1.54) is 0 Å². The third-order valence-electron chi connectivity index (χ3n) is 4.23. The average molecular weight is 369 g/mol. The van der Waals surface area contributed by atoms with E-state index in [9.17, 15) is 10.1 Å². The minimum atomic E-state index is -0.394. The molecule has 5 heteroatoms. The minimum Gasteiger partial charge on any atom is -0.481 e. The first-order chi connectivity index (χ1) is 13.7. The second-order valence-electron chi connectivity index (χ2n) is 6.10. The first-order valence-corrected chi connectivity index (χ1v) is 8.82. The average Bonchev–Trinajstić information content (AvgIpc) is 3.14. The van der Waals surface area contributed by atoms with Gasteiger partial charge in [0.15, 0.2) is 0 Å². The number of rotatable bonds is 7. The molecule has 0 aliphatic carbocycles. The van der Waals surface area contributed by atoms with Crippen LogP contribution in [0.4, 0.5) is 0 Å². The predicted octanol–water partition coefficient (Wildman–Crippen LogP) is 3.45. The van der Waals surface area contributed by atoms with Crippen LogP contribution >= 0.6 is 0 Å². The van der Waals surface area contributed by atoms with E-state index in [0.717, 1.165) is 22.0 Å². The number of fused-ring (bicyclic) bond motifs is 1. The third-order valence-corrected chi connectivity index (χ3v) is 4.23. The van der Waals surface area contributed by atoms with Crippen LogP contribution in [0.25, 0.3) is 17.0 Å². The number of amides is 1. The van der Waals surface area contributed by atoms with Gasteiger partial charge in [0.2, 0.25) is 0 Å². The molecule has 0 bridgehead atoms. The number of hydrogen-bond acceptors (Lipinski definition) is 3. The van der Waals surface area contributed by atoms with Crippen molar-refractivity contribution in [3.8, 4) is 24.2 Å². The van der Waals surface area contributed by atoms with Gasteiger partial charge in [-0.2, -0.15) is 5.26 Å². The summed E-state index contributed by atoms with van der Waals surface area (Å²) in [6.45, 7) is 0.635. The van der Waals surface area contributed by atoms with Gasteiger partial charge in [-0.1, -0.05) is 36.3 Å². The Bertz CT molecular complexity index is 1080. The molecule has 0 fully saturated rings. The highest BCUT2D eigenvalue weighted by Gasteiger charge is 2.09. The highest BCUT2D eigenvalue weighted by molar-refractivity contribution is 6.01. The Morgan fingerprint density at radius 1 is 1.21 bits per heavy atom. The van der Waals surface area contributed by atoms with Crippen LogP contribution in [0, 0.1) is 23.7 Å². The number of carbonyl (C=O) groups excluding carboxylic acids is 1. The van der Waals surface area contributed by atoms with Crippen molar-refractivity contribution < 1.29 is 9.53 Å². The number of aromatic amines is 1. The van der Waals surface area contributed by atoms with Gasteiger partial charge in [0, 0.05) is 23.6 Å². The van der Waals surface area contributed by atoms with E-state index in [4.69, 9.17) is 11.2 Å². The van der Waals surface area contributed by atoms with E-state index in [2.05, 4.69) is 16.2 Å². The van der Waals surface area contributed by atoms with Crippen molar-refractivity contribution in [3.63, 3.8) is 0 Å². The Morgan fingerprint density at radius 3 is 2.75 bits per heavy atom. The molecule has 0 atom stereocenters. The number of ether oxygens (including phenoxy) is 1. The summed E-state index contributed by atoms with van der Waals surface area (Å²) in [6.07, 6.45) is 9.32. The number of hydrogen-bond donors (Lipinski definition) is 2. The summed E-state index contributed by atoms with van der Waals surface area (Å²) in [7, 11) is 0. The quantitative estimate of drug-likeness (QED) is 0.380. The van der Waals surface area contributed by atoms with E-state index in [1.54, 1.807) is 30.3 Å². The summed E-state index contributed by atoms with van der Waals surface area (Å²) < 4.78 is 5.30. The zero-order chi connectivity index (χ0) is 19.8. The molecular formula is C23H19N3O2. The molecule has 3 rings (SSSR count). The highest BCUT2D eigenvalue weighted by atomic mass is 16.5. The number of para-hydroxylation sites is 1. The number of terminal acetylenes is 1. The van der Waals surface area contributed by atoms with E-state index in [0.29, 0.717) is 18.7 Å². The minimum absolute atomic E-state index is 0.0521. The van der Waals surface area contributed by atoms with Crippen LogP contribution < -0.4 is 10.1 Å². The van der Waals surface area contributed by atoms with Gasteiger partial charge >= 0.3 is 0 Å². The molecule has 0 saturated heterocycles. The smallest absolute Gasteiger partial charge is 0.261 e. The summed E-state index contributed by atoms with van der Waals surface area (Å²) in [5.41, 5.74) is 2.98. The summed E-state index contributed by atoms with van der Waals surface area (Å²) in [5.74, 6) is 2.64. The zero-order valence-electron chi connectivity index (χ0n) is 15.2. The number of nitriles is 1. The molecule has 0 aliphatic heterocycles. The van der Waals surface area contributed by atoms with Gasteiger partial charge in [0.05, 0.1) is 0 Å². The molecule has 0 spiro atoms. The maximum Gasteiger partial charge on any atom is 0.261 e. The van der Waals surface area contributed by atoms with Crippen molar-refractivity contribution in [1.29, 1.82) is 5.26 Å². The predicted molar refractivity (Wildman–Crippen MR) is 109 cm³/mol. The molecule has 3 aromatic rings. The maximum atomic E-state index is 12.3. The molecule has 5 nitrogen and oxygen atoms in total. The molecule has 0 saturated carbocycles. The monoisotopic (exact) mass is 369 g/mol. The molecule has 2 N–H and O–H groups in total. The Hall–Kier alpha value is -3.96. The molecule has 1 heterocycles. The fraction of sp³-hybridized carbons (Fsp3) is 0.130. The van der Waals surface area contributed by atoms with Crippen LogP contribution in [-0.2, 0) is 11.2 Å². The molecule has 1 aromatic heterocycles. The van der Waals surface area contributed by atoms with Crippen LogP contribution in [0.2, 0.25) is 0 Å². The Labute approximate surface area is 163 Å². The lowest BCUT2D eigenvalue weighted by Gasteiger charge is -2.05. The van der Waals surface area contributed by atoms with Crippen molar-refractivity contribution in [1.82, 2.24) is 10.3 Å². The van der Waals surface area contributed by atoms with E-state index in [-0.39, 0.29) is 12.2 Å². The topological polar surface area (TPSA) is 77.9 Å². The van der Waals surface area contributed by atoms with Crippen molar-refractivity contribution in [2.24, 2.45) is 0 Å². The van der Waals surface area contributed by atoms with Crippen LogP contribution in [0.15, 0.2) is 60.3 Å². The molecule has 1 amide bonds. The van der Waals surface area contributed by atoms with Gasteiger partial charge in [-0.05, 0) is 41.8 Å². The number of aromatic nitrogens is 1. The normalized spacial score (nSPS) is 10.9. The molecule has 0 radical (unpaired) electrons. The van der Waals surface area contributed by atoms with E-state index in [1.807, 2.05) is 36.5 Å². The Morgan fingerprint density at radius 2 is 2.00 bits per heavy atom. The molecule has 138 valence electrons. The summed E-state index contributed by atoms with van der Waals surface area (Å²) in [5, 5.41) is 13.3. The zero-order valence-corrected chi connectivity index (χ0v) is 15.2. The molecule has 28 heavy (non-hydrogen) atoms. The fourth-order valence-electron chi connectivity index (χ4n) is 2.84. The molecule has 0 aliphatic rings. The van der Waals surface area contributed by atoms with E-state index >= 15 is 0 Å². The maximum absolute atomic E-state index is 12.3. The standard InChI is InChI=1S/C23H19N3O2/c1-2-13-28-20-9-7-17(8-10-20)14-19(15-24)23(27)25-12-11-18-16-26-22-6-4-3-5-21(18)22/h1,3-10,14,16,26H,11-13H2,(H,25,27). The van der Waals surface area contributed by atoms with Crippen LogP contribution in [0.5, 0.6) is 5.75 Å². The lowest BCUT2D eigenvalue weighted by Crippen LogP contribution is -2.26. The summed E-state index contributed by atoms with van der Waals surface area (Å²) >= 11 is 0. The van der Waals surface area contributed by atoms with Crippen molar-refractivity contribution >= 4 is 22.9 Å². The summed E-state index contributed by atoms with van der Waals surface area (Å²) in [6, 6.07) is 17.0. The molecule has 2 aromatic carbocycles. The Balaban J connectivity index is 1.59. The second-order valence-corrected chi connectivity index (χ2v) is 6.10. The molecule has 0 unspecified atom stereocenters. The number of nitrogens with zero attached hydrogens (tertiary/aromatic N) is 1. The number of benzene rings is 2. The van der Waals surface area contributed by atoms with Crippen molar-refractivity contribution in [3.05, 3.63) is 71.4 Å². The van der Waals surface area contributed by atoms with Gasteiger partial charge in [-0.3, -0.25) is 4.79 Å². The van der Waals surface area contributed by atoms with Gasteiger partial charge in [-0.25, -0.2) is 0 Å². The second kappa shape index (κ2) is 9.12. The van der Waals surface area contributed by atoms with Crippen molar-refractivity contribution in [2.75, 3.05) is 13.2 Å². The van der Waals surface area contributed by atoms with Gasteiger partial charge in [-0.15, -0.1) is 6.42 Å². The Kier molecular flexibility index (Phi) is 6.13. The number of nitrogens with one attached hydrogen (secondary N) is 2. The van der Waals surface area contributed by atoms with Gasteiger partial charge < -0.3 is 15.0 Å². The van der Waals surface area contributed by atoms with Crippen LogP contribution in [-0.4, -0.2) is 24.0 Å². The lowest BCUT2D eigenvalue weighted by molar-refractivity contribution is -0.117. The summed E-state index contributed by atoms with van der Waals surface area (Å²) in [4.78, 5) is 15.5. The fourth-order valence-corrected chi connectivity index (χ4v) is 2.84. The largest absolute Gasteiger partial charge is 0.481 e. The SMILES string of the molecule is C#CCOc1ccc(C=C(C#N)C(=O)NCCc2c[nH]c3ccccc23)cc1. The first kappa shape index (κ1) is 18.8. The van der Waals surface area contributed by atoms with E-state index < -0.39 is 5.91 Å². The van der Waals surface area contributed by atoms with Crippen molar-refractivity contribution in [2.45, 2.75) is 6.42 Å². The molecular weight excluding hydrogens is 350 g/mol. The lowest BCUT2D eigenvalue weighted by atomic mass is 10.1. The first-order valence-electron chi connectivity index (χ1n) is 8.82. The van der Waals surface area contributed by atoms with Gasteiger partial charge in [0.1, 0.15) is 24.0 Å². The number of H-pyrrole nitrogens is 1.